The van der Waals surface area contributed by atoms with Crippen LogP contribution in [0.2, 0.25) is 0 Å². The Labute approximate surface area is 126 Å². The van der Waals surface area contributed by atoms with Crippen LogP contribution in [-0.2, 0) is 4.79 Å². The Balaban J connectivity index is 1.91. The van der Waals surface area contributed by atoms with Crippen molar-refractivity contribution < 1.29 is 14.3 Å². The summed E-state index contributed by atoms with van der Waals surface area (Å²) in [5.74, 6) is 0.460. The maximum atomic E-state index is 11.3. The zero-order valence-electron chi connectivity index (χ0n) is 11.9. The number of para-hydroxylation sites is 2. The molecule has 0 aliphatic rings. The van der Waals surface area contributed by atoms with Crippen LogP contribution in [0.4, 0.5) is 5.69 Å². The summed E-state index contributed by atoms with van der Waals surface area (Å²) in [5, 5.41) is 12.4. The van der Waals surface area contributed by atoms with E-state index < -0.39 is 0 Å². The Morgan fingerprint density at radius 2 is 2.09 bits per heavy atom. The molecule has 0 fully saturated rings. The number of aldehydes is 1. The monoisotopic (exact) mass is 294 g/mol. The van der Waals surface area contributed by atoms with Crippen molar-refractivity contribution in [1.29, 1.82) is 0 Å². The van der Waals surface area contributed by atoms with E-state index in [2.05, 4.69) is 10.3 Å². The highest BCUT2D eigenvalue weighted by Gasteiger charge is 2.10. The first-order chi connectivity index (χ1) is 10.7. The first-order valence-electron chi connectivity index (χ1n) is 6.75. The number of aromatic hydroxyl groups is 1. The molecule has 5 nitrogen and oxygen atoms in total. The molecule has 3 aromatic rings. The first-order valence-corrected chi connectivity index (χ1v) is 6.75. The predicted molar refractivity (Wildman–Crippen MR) is 84.5 cm³/mol. The fraction of sp³-hybridized carbons (Fsp3) is 0.0588. The van der Waals surface area contributed by atoms with Crippen molar-refractivity contribution in [2.45, 2.75) is 6.92 Å². The third kappa shape index (κ3) is 2.69. The lowest BCUT2D eigenvalue weighted by molar-refractivity contribution is -0.103. The Morgan fingerprint density at radius 3 is 2.82 bits per heavy atom. The Hall–Kier alpha value is -3.08. The molecule has 0 aliphatic carbocycles. The molecule has 1 heterocycles. The van der Waals surface area contributed by atoms with E-state index >= 15 is 0 Å². The minimum atomic E-state index is 0.196. The number of benzene rings is 2. The van der Waals surface area contributed by atoms with Gasteiger partial charge in [-0.1, -0.05) is 12.1 Å². The molecule has 0 saturated heterocycles. The molecule has 0 amide bonds. The number of rotatable bonds is 4. The summed E-state index contributed by atoms with van der Waals surface area (Å²) in [7, 11) is 0. The molecule has 0 spiro atoms. The predicted octanol–water partition coefficient (Wildman–Crippen LogP) is 3.49. The van der Waals surface area contributed by atoms with Crippen LogP contribution in [0.5, 0.6) is 5.75 Å². The van der Waals surface area contributed by atoms with Crippen LogP contribution in [0, 0.1) is 6.92 Å². The van der Waals surface area contributed by atoms with Gasteiger partial charge in [0.15, 0.2) is 11.9 Å². The number of carbonyl (C=O) groups is 1. The third-order valence-corrected chi connectivity index (χ3v) is 3.26. The van der Waals surface area contributed by atoms with Crippen molar-refractivity contribution in [2.75, 3.05) is 5.32 Å². The summed E-state index contributed by atoms with van der Waals surface area (Å²) in [4.78, 5) is 15.6. The molecule has 0 aliphatic heterocycles. The average Bonchev–Trinajstić information content (AvgIpc) is 2.93. The first kappa shape index (κ1) is 13.9. The van der Waals surface area contributed by atoms with Crippen molar-refractivity contribution in [3.63, 3.8) is 0 Å². The average molecular weight is 294 g/mol. The highest BCUT2D eigenvalue weighted by atomic mass is 16.3. The van der Waals surface area contributed by atoms with E-state index in [-0.39, 0.29) is 11.6 Å². The summed E-state index contributed by atoms with van der Waals surface area (Å²) in [6.45, 7) is 1.86. The van der Waals surface area contributed by atoms with Gasteiger partial charge in [-0.25, -0.2) is 4.98 Å². The van der Waals surface area contributed by atoms with Crippen molar-refractivity contribution in [2.24, 2.45) is 0 Å². The smallest absolute Gasteiger partial charge is 0.232 e. The zero-order valence-corrected chi connectivity index (χ0v) is 11.9. The van der Waals surface area contributed by atoms with Gasteiger partial charge in [-0.2, -0.15) is 0 Å². The summed E-state index contributed by atoms with van der Waals surface area (Å²) in [6, 6.07) is 12.3. The Morgan fingerprint density at radius 1 is 1.27 bits per heavy atom. The standard InChI is InChI=1S/C17H14N2O3/c1-11-8-13(21)6-7-14(11)18-9-12(10-20)17-19-15-4-2-3-5-16(15)22-17/h2-10,18,21H,1H3/b12-9+. The van der Waals surface area contributed by atoms with Gasteiger partial charge in [-0.05, 0) is 42.8 Å². The van der Waals surface area contributed by atoms with Crippen LogP contribution < -0.4 is 5.32 Å². The van der Waals surface area contributed by atoms with Gasteiger partial charge in [0, 0.05) is 11.9 Å². The number of nitrogens with zero attached hydrogens (tertiary/aromatic N) is 1. The summed E-state index contributed by atoms with van der Waals surface area (Å²) < 4.78 is 5.57. The van der Waals surface area contributed by atoms with Gasteiger partial charge < -0.3 is 14.8 Å². The molecule has 1 aromatic heterocycles. The number of aromatic nitrogens is 1. The van der Waals surface area contributed by atoms with Gasteiger partial charge in [0.2, 0.25) is 5.89 Å². The number of anilines is 1. The number of allylic oxidation sites excluding steroid dienone is 1. The summed E-state index contributed by atoms with van der Waals surface area (Å²) in [5.41, 5.74) is 3.29. The fourth-order valence-corrected chi connectivity index (χ4v) is 2.11. The molecule has 2 N–H and O–H groups in total. The summed E-state index contributed by atoms with van der Waals surface area (Å²) >= 11 is 0. The van der Waals surface area contributed by atoms with Gasteiger partial charge in [0.1, 0.15) is 11.3 Å². The van der Waals surface area contributed by atoms with Gasteiger partial charge in [-0.3, -0.25) is 4.79 Å². The van der Waals surface area contributed by atoms with E-state index in [9.17, 15) is 9.90 Å². The lowest BCUT2D eigenvalue weighted by Gasteiger charge is -2.06. The number of hydrogen-bond acceptors (Lipinski definition) is 5. The Kier molecular flexibility index (Phi) is 3.62. The molecule has 110 valence electrons. The molecular weight excluding hydrogens is 280 g/mol. The number of phenolic OH excluding ortho intramolecular Hbond substituents is 1. The molecule has 5 heteroatoms. The highest BCUT2D eigenvalue weighted by molar-refractivity contribution is 6.06. The molecule has 3 rings (SSSR count). The maximum Gasteiger partial charge on any atom is 0.232 e. The van der Waals surface area contributed by atoms with Crippen LogP contribution in [0.3, 0.4) is 0 Å². The minimum Gasteiger partial charge on any atom is -0.508 e. The molecular formula is C17H14N2O3. The quantitative estimate of drug-likeness (QED) is 0.437. The molecule has 22 heavy (non-hydrogen) atoms. The molecule has 0 bridgehead atoms. The lowest BCUT2D eigenvalue weighted by Crippen LogP contribution is -1.95. The molecule has 2 aromatic carbocycles. The summed E-state index contributed by atoms with van der Waals surface area (Å²) in [6.07, 6.45) is 2.23. The van der Waals surface area contributed by atoms with Gasteiger partial charge >= 0.3 is 0 Å². The Bertz CT molecular complexity index is 832. The largest absolute Gasteiger partial charge is 0.508 e. The second-order valence-corrected chi connectivity index (χ2v) is 4.85. The van der Waals surface area contributed by atoms with Crippen LogP contribution in [0.15, 0.2) is 53.1 Å². The number of phenols is 1. The number of nitrogens with one attached hydrogen (secondary N) is 1. The van der Waals surface area contributed by atoms with Gasteiger partial charge in [-0.15, -0.1) is 0 Å². The highest BCUT2D eigenvalue weighted by Crippen LogP contribution is 2.22. The molecule has 0 radical (unpaired) electrons. The number of aryl methyl sites for hydroxylation is 1. The van der Waals surface area contributed by atoms with Crippen molar-refractivity contribution >= 4 is 28.6 Å². The zero-order chi connectivity index (χ0) is 15.5. The van der Waals surface area contributed by atoms with E-state index in [1.54, 1.807) is 24.3 Å². The van der Waals surface area contributed by atoms with Crippen molar-refractivity contribution in [1.82, 2.24) is 4.98 Å². The maximum absolute atomic E-state index is 11.3. The third-order valence-electron chi connectivity index (χ3n) is 3.26. The van der Waals surface area contributed by atoms with Crippen LogP contribution in [0.25, 0.3) is 16.7 Å². The molecule has 0 unspecified atom stereocenters. The second-order valence-electron chi connectivity index (χ2n) is 4.85. The normalized spacial score (nSPS) is 11.6. The van der Waals surface area contributed by atoms with E-state index in [0.29, 0.717) is 23.0 Å². The number of carbonyl (C=O) groups excluding carboxylic acids is 1. The van der Waals surface area contributed by atoms with E-state index in [4.69, 9.17) is 4.42 Å². The van der Waals surface area contributed by atoms with Crippen LogP contribution in [-0.4, -0.2) is 16.4 Å². The molecule has 0 saturated carbocycles. The number of fused-ring (bicyclic) bond motifs is 1. The van der Waals surface area contributed by atoms with E-state index in [1.165, 1.54) is 6.20 Å². The van der Waals surface area contributed by atoms with Crippen molar-refractivity contribution in [3.8, 4) is 5.75 Å². The SMILES string of the molecule is Cc1cc(O)ccc1N/C=C(\C=O)c1nc2ccccc2o1. The van der Waals surface area contributed by atoms with Crippen LogP contribution >= 0.6 is 0 Å². The van der Waals surface area contributed by atoms with Gasteiger partial charge in [0.25, 0.3) is 0 Å². The lowest BCUT2D eigenvalue weighted by atomic mass is 10.2. The molecule has 0 atom stereocenters. The fourth-order valence-electron chi connectivity index (χ4n) is 2.11. The minimum absolute atomic E-state index is 0.196. The number of oxazole rings is 1. The van der Waals surface area contributed by atoms with Crippen molar-refractivity contribution in [3.05, 3.63) is 60.1 Å². The number of hydrogen-bond donors (Lipinski definition) is 2. The topological polar surface area (TPSA) is 75.4 Å². The van der Waals surface area contributed by atoms with Crippen LogP contribution in [0.1, 0.15) is 11.5 Å². The second kappa shape index (κ2) is 5.73. The van der Waals surface area contributed by atoms with E-state index in [0.717, 1.165) is 11.3 Å². The van der Waals surface area contributed by atoms with Gasteiger partial charge in [0.05, 0.1) is 5.57 Å². The van der Waals surface area contributed by atoms with E-state index in [1.807, 2.05) is 25.1 Å².